The van der Waals surface area contributed by atoms with E-state index in [0.29, 0.717) is 0 Å². The van der Waals surface area contributed by atoms with Gasteiger partial charge >= 0.3 is 16.3 Å². The molecule has 0 saturated carbocycles. The molecule has 1 amide bonds. The molecule has 0 aliphatic heterocycles. The average Bonchev–Trinajstić information content (AvgIpc) is 1.99. The number of amides is 1. The lowest BCUT2D eigenvalue weighted by atomic mass is 10.1. The van der Waals surface area contributed by atoms with Gasteiger partial charge in [-0.05, 0) is 20.8 Å². The summed E-state index contributed by atoms with van der Waals surface area (Å²) < 4.78 is 31.0. The van der Waals surface area contributed by atoms with Gasteiger partial charge in [0.1, 0.15) is 0 Å². The van der Waals surface area contributed by atoms with Gasteiger partial charge in [0.05, 0.1) is 17.1 Å². The fourth-order valence-electron chi connectivity index (χ4n) is 0.682. The second kappa shape index (κ2) is 5.41. The molecule has 0 heterocycles. The predicted octanol–water partition coefficient (Wildman–Crippen LogP) is -0.368. The van der Waals surface area contributed by atoms with Crippen LogP contribution in [0, 0.1) is 0 Å². The summed E-state index contributed by atoms with van der Waals surface area (Å²) >= 11 is 4.67. The first kappa shape index (κ1) is 15.1. The lowest BCUT2D eigenvalue weighted by molar-refractivity contribution is 0.158. The SMILES string of the molecule is CCOC(=O)NS(=O)(=O)NC(C)(C)C(N)=S. The van der Waals surface area contributed by atoms with Crippen molar-refractivity contribution in [3.8, 4) is 0 Å². The Bertz CT molecular complexity index is 377. The van der Waals surface area contributed by atoms with Gasteiger partial charge in [-0.1, -0.05) is 12.2 Å². The fourth-order valence-corrected chi connectivity index (χ4v) is 1.91. The average molecular weight is 269 g/mol. The van der Waals surface area contributed by atoms with Crippen molar-refractivity contribution in [3.63, 3.8) is 0 Å². The molecule has 94 valence electrons. The molecule has 0 aromatic carbocycles. The molecule has 9 heteroatoms. The van der Waals surface area contributed by atoms with Crippen molar-refractivity contribution in [2.45, 2.75) is 26.3 Å². The van der Waals surface area contributed by atoms with Crippen LogP contribution in [0.4, 0.5) is 4.79 Å². The molecule has 0 atom stereocenters. The number of rotatable bonds is 5. The summed E-state index contributed by atoms with van der Waals surface area (Å²) in [6, 6.07) is 0. The summed E-state index contributed by atoms with van der Waals surface area (Å²) in [7, 11) is -4.05. The molecule has 4 N–H and O–H groups in total. The van der Waals surface area contributed by atoms with Crippen LogP contribution in [-0.4, -0.2) is 31.6 Å². The smallest absolute Gasteiger partial charge is 0.421 e. The number of ether oxygens (including phenoxy) is 1. The highest BCUT2D eigenvalue weighted by molar-refractivity contribution is 7.88. The van der Waals surface area contributed by atoms with Gasteiger partial charge in [-0.25, -0.2) is 9.52 Å². The largest absolute Gasteiger partial charge is 0.449 e. The number of carbonyl (C=O) groups excluding carboxylic acids is 1. The molecule has 0 aromatic rings. The van der Waals surface area contributed by atoms with Crippen LogP contribution in [0.1, 0.15) is 20.8 Å². The summed E-state index contributed by atoms with van der Waals surface area (Å²) in [6.07, 6.45) is -1.06. The highest BCUT2D eigenvalue weighted by Gasteiger charge is 2.28. The van der Waals surface area contributed by atoms with Crippen LogP contribution in [0.5, 0.6) is 0 Å². The van der Waals surface area contributed by atoms with Crippen LogP contribution in [0.25, 0.3) is 0 Å². The third kappa shape index (κ3) is 5.24. The first-order chi connectivity index (χ1) is 7.10. The van der Waals surface area contributed by atoms with Gasteiger partial charge in [0, 0.05) is 0 Å². The van der Waals surface area contributed by atoms with Crippen molar-refractivity contribution in [1.29, 1.82) is 0 Å². The van der Waals surface area contributed by atoms with Gasteiger partial charge in [-0.3, -0.25) is 0 Å². The van der Waals surface area contributed by atoms with E-state index in [1.54, 1.807) is 11.6 Å². The first-order valence-electron chi connectivity index (χ1n) is 4.39. The van der Waals surface area contributed by atoms with E-state index >= 15 is 0 Å². The van der Waals surface area contributed by atoms with Gasteiger partial charge in [-0.2, -0.15) is 13.1 Å². The molecule has 0 unspecified atom stereocenters. The van der Waals surface area contributed by atoms with Crippen LogP contribution in [0.2, 0.25) is 0 Å². The molecule has 0 aliphatic rings. The van der Waals surface area contributed by atoms with Crippen molar-refractivity contribution in [1.82, 2.24) is 9.44 Å². The van der Waals surface area contributed by atoms with Gasteiger partial charge in [-0.15, -0.1) is 0 Å². The monoisotopic (exact) mass is 269 g/mol. The highest BCUT2D eigenvalue weighted by Crippen LogP contribution is 2.03. The van der Waals surface area contributed by atoms with E-state index in [9.17, 15) is 13.2 Å². The molecular weight excluding hydrogens is 254 g/mol. The lowest BCUT2D eigenvalue weighted by Crippen LogP contribution is -2.56. The van der Waals surface area contributed by atoms with Crippen LogP contribution in [-0.2, 0) is 14.9 Å². The molecule has 0 radical (unpaired) electrons. The van der Waals surface area contributed by atoms with E-state index in [1.165, 1.54) is 13.8 Å². The lowest BCUT2D eigenvalue weighted by Gasteiger charge is -2.24. The maximum Gasteiger partial charge on any atom is 0.421 e. The van der Waals surface area contributed by atoms with Gasteiger partial charge in [0.15, 0.2) is 0 Å². The zero-order valence-corrected chi connectivity index (χ0v) is 10.9. The van der Waals surface area contributed by atoms with Crippen molar-refractivity contribution in [2.75, 3.05) is 6.61 Å². The van der Waals surface area contributed by atoms with Crippen LogP contribution in [0.15, 0.2) is 0 Å². The Labute approximate surface area is 99.9 Å². The Kier molecular flexibility index (Phi) is 5.10. The molecule has 0 aliphatic carbocycles. The number of hydrogen-bond donors (Lipinski definition) is 3. The predicted molar refractivity (Wildman–Crippen MR) is 63.1 cm³/mol. The molecule has 0 rings (SSSR count). The molecule has 7 nitrogen and oxygen atoms in total. The van der Waals surface area contributed by atoms with E-state index in [0.717, 1.165) is 0 Å². The Balaban J connectivity index is 4.60. The Morgan fingerprint density at radius 2 is 2.00 bits per heavy atom. The zero-order valence-electron chi connectivity index (χ0n) is 9.23. The summed E-state index contributed by atoms with van der Waals surface area (Å²) in [5.41, 5.74) is 4.20. The van der Waals surface area contributed by atoms with E-state index in [4.69, 9.17) is 5.73 Å². The van der Waals surface area contributed by atoms with Crippen molar-refractivity contribution >= 4 is 33.5 Å². The van der Waals surface area contributed by atoms with Gasteiger partial charge in [0.25, 0.3) is 0 Å². The third-order valence-corrected chi connectivity index (χ3v) is 3.22. The minimum absolute atomic E-state index is 0.0401. The number of thiocarbonyl (C=S) groups is 1. The normalized spacial score (nSPS) is 11.9. The van der Waals surface area contributed by atoms with E-state index in [-0.39, 0.29) is 11.6 Å². The summed E-state index contributed by atoms with van der Waals surface area (Å²) in [5, 5.41) is 0. The van der Waals surface area contributed by atoms with E-state index in [2.05, 4.69) is 21.7 Å². The van der Waals surface area contributed by atoms with Crippen LogP contribution in [0.3, 0.4) is 0 Å². The van der Waals surface area contributed by atoms with Crippen molar-refractivity contribution in [2.24, 2.45) is 5.73 Å². The Morgan fingerprint density at radius 3 is 2.38 bits per heavy atom. The van der Waals surface area contributed by atoms with Gasteiger partial charge < -0.3 is 10.5 Å². The number of hydrogen-bond acceptors (Lipinski definition) is 5. The third-order valence-electron chi connectivity index (χ3n) is 1.50. The molecule has 0 saturated heterocycles. The number of nitrogens with one attached hydrogen (secondary N) is 2. The van der Waals surface area contributed by atoms with Crippen LogP contribution >= 0.6 is 12.2 Å². The van der Waals surface area contributed by atoms with Gasteiger partial charge in [0.2, 0.25) is 0 Å². The number of carbonyl (C=O) groups is 1. The van der Waals surface area contributed by atoms with Crippen LogP contribution < -0.4 is 15.2 Å². The first-order valence-corrected chi connectivity index (χ1v) is 6.28. The molecule has 16 heavy (non-hydrogen) atoms. The zero-order chi connectivity index (χ0) is 13.0. The second-order valence-corrected chi connectivity index (χ2v) is 5.27. The molecule has 0 bridgehead atoms. The van der Waals surface area contributed by atoms with Crippen molar-refractivity contribution in [3.05, 3.63) is 0 Å². The molecule has 0 aromatic heterocycles. The standard InChI is InChI=1S/C7H15N3O4S2/c1-4-14-6(11)9-16(12,13)10-7(2,3)5(8)15/h10H,4H2,1-3H3,(H2,8,15)(H,9,11). The quantitative estimate of drug-likeness (QED) is 0.587. The topological polar surface area (TPSA) is 111 Å². The summed E-state index contributed by atoms with van der Waals surface area (Å²) in [4.78, 5) is 10.9. The summed E-state index contributed by atoms with van der Waals surface area (Å²) in [6.45, 7) is 4.57. The summed E-state index contributed by atoms with van der Waals surface area (Å²) in [5.74, 6) is 0. The fraction of sp³-hybridized carbons (Fsp3) is 0.714. The minimum atomic E-state index is -4.05. The Hall–Kier alpha value is -0.930. The second-order valence-electron chi connectivity index (χ2n) is 3.42. The number of nitrogens with two attached hydrogens (primary N) is 1. The minimum Gasteiger partial charge on any atom is -0.449 e. The Morgan fingerprint density at radius 1 is 1.50 bits per heavy atom. The van der Waals surface area contributed by atoms with E-state index in [1.807, 2.05) is 0 Å². The maximum atomic E-state index is 11.4. The molecule has 0 spiro atoms. The maximum absolute atomic E-state index is 11.4. The van der Waals surface area contributed by atoms with E-state index < -0.39 is 21.8 Å². The highest BCUT2D eigenvalue weighted by atomic mass is 32.2. The molecule has 0 fully saturated rings. The molecular formula is C7H15N3O4S2. The van der Waals surface area contributed by atoms with Crippen molar-refractivity contribution < 1.29 is 17.9 Å².